The van der Waals surface area contributed by atoms with E-state index in [-0.39, 0.29) is 18.1 Å². The molecule has 1 heteroatoms. The Morgan fingerprint density at radius 1 is 0.439 bits per heavy atom. The van der Waals surface area contributed by atoms with Crippen molar-refractivity contribution in [3.8, 4) is 22.3 Å². The van der Waals surface area contributed by atoms with Gasteiger partial charge in [-0.15, -0.1) is 0 Å². The van der Waals surface area contributed by atoms with Gasteiger partial charge in [0.2, 0.25) is 0 Å². The summed E-state index contributed by atoms with van der Waals surface area (Å²) >= 11 is 0. The zero-order valence-corrected chi connectivity index (χ0v) is 22.0. The van der Waals surface area contributed by atoms with E-state index < -0.39 is 0 Å². The Hall–Kier alpha value is -5.40. The van der Waals surface area contributed by atoms with Crippen molar-refractivity contribution in [2.45, 2.75) is 0 Å². The van der Waals surface area contributed by atoms with Crippen LogP contribution in [0.5, 0.6) is 0 Å². The molecule has 0 amide bonds. The first kappa shape index (κ1) is 19.6. The van der Waals surface area contributed by atoms with Crippen LogP contribution in [0.4, 0.5) is 0 Å². The number of furan rings is 1. The van der Waals surface area contributed by atoms with E-state index >= 15 is 0 Å². The van der Waals surface area contributed by atoms with Gasteiger partial charge in [-0.25, -0.2) is 0 Å². The van der Waals surface area contributed by atoms with Crippen LogP contribution in [-0.2, 0) is 0 Å². The highest BCUT2D eigenvalue weighted by Crippen LogP contribution is 2.46. The van der Waals surface area contributed by atoms with Crippen LogP contribution in [-0.4, -0.2) is 0 Å². The van der Waals surface area contributed by atoms with Crippen LogP contribution in [0.25, 0.3) is 87.3 Å². The van der Waals surface area contributed by atoms with Gasteiger partial charge < -0.3 is 4.42 Å². The van der Waals surface area contributed by atoms with E-state index in [9.17, 15) is 1.37 Å². The van der Waals surface area contributed by atoms with Gasteiger partial charge in [0.1, 0.15) is 11.2 Å². The molecule has 0 aliphatic rings. The Bertz CT molecular complexity index is 2590. The Labute approximate surface area is 241 Å². The normalized spacial score (nSPS) is 12.9. The molecule has 1 nitrogen and oxygen atoms in total. The minimum atomic E-state index is -0.102. The molecule has 0 radical (unpaired) electrons. The molecule has 0 fully saturated rings. The predicted octanol–water partition coefficient (Wildman–Crippen LogP) is 11.5. The highest BCUT2D eigenvalue weighted by atomic mass is 16.3. The zero-order valence-electron chi connectivity index (χ0n) is 25.0. The molecular weight excluding hydrogens is 496 g/mol. The lowest BCUT2D eigenvalue weighted by Gasteiger charge is -2.18. The zero-order chi connectivity index (χ0) is 29.5. The lowest BCUT2D eigenvalue weighted by atomic mass is 9.85. The van der Waals surface area contributed by atoms with E-state index in [4.69, 9.17) is 7.16 Å². The molecule has 9 rings (SSSR count). The molecule has 0 saturated carbocycles. The molecule has 0 saturated heterocycles. The molecule has 0 spiro atoms. The highest BCUT2D eigenvalue weighted by Gasteiger charge is 2.20. The summed E-state index contributed by atoms with van der Waals surface area (Å²) in [6.45, 7) is 0. The smallest absolute Gasteiger partial charge is 0.143 e. The highest BCUT2D eigenvalue weighted by molar-refractivity contribution is 6.24. The SMILES string of the molecule is [2H]c1c([2H])c([2H])c2c(oc3cc4ccccc4cc32)c1-c1c2ccccc2c(-c2ccc3ccccc3c2)c2ccccc12. The molecule has 9 aromatic rings. The first-order valence-corrected chi connectivity index (χ1v) is 13.9. The fourth-order valence-electron chi connectivity index (χ4n) is 6.53. The molecule has 0 unspecified atom stereocenters. The van der Waals surface area contributed by atoms with Crippen LogP contribution >= 0.6 is 0 Å². The Morgan fingerprint density at radius 3 is 1.68 bits per heavy atom. The van der Waals surface area contributed by atoms with Crippen LogP contribution in [0.1, 0.15) is 4.11 Å². The summed E-state index contributed by atoms with van der Waals surface area (Å²) in [5.41, 5.74) is 4.80. The average molecular weight is 524 g/mol. The topological polar surface area (TPSA) is 13.1 Å². The van der Waals surface area contributed by atoms with E-state index in [0.717, 1.165) is 54.4 Å². The third kappa shape index (κ3) is 3.30. The maximum Gasteiger partial charge on any atom is 0.143 e. The Morgan fingerprint density at radius 2 is 1.00 bits per heavy atom. The largest absolute Gasteiger partial charge is 0.455 e. The summed E-state index contributed by atoms with van der Waals surface area (Å²) in [5, 5.41) is 9.91. The van der Waals surface area contributed by atoms with E-state index in [0.29, 0.717) is 22.1 Å². The predicted molar refractivity (Wildman–Crippen MR) is 175 cm³/mol. The quantitative estimate of drug-likeness (QED) is 0.205. The maximum atomic E-state index is 9.26. The van der Waals surface area contributed by atoms with E-state index in [1.165, 1.54) is 10.8 Å². The molecule has 1 heterocycles. The molecule has 41 heavy (non-hydrogen) atoms. The minimum absolute atomic E-state index is 0.000118. The van der Waals surface area contributed by atoms with E-state index in [2.05, 4.69) is 78.9 Å². The van der Waals surface area contributed by atoms with Gasteiger partial charge in [0.25, 0.3) is 0 Å². The first-order chi connectivity index (χ1) is 21.6. The van der Waals surface area contributed by atoms with Crippen LogP contribution < -0.4 is 0 Å². The summed E-state index contributed by atoms with van der Waals surface area (Å²) in [6, 6.07) is 43.7. The van der Waals surface area contributed by atoms with Gasteiger partial charge in [-0.3, -0.25) is 0 Å². The molecular formula is C40H24O. The Balaban J connectivity index is 1.46. The minimum Gasteiger partial charge on any atom is -0.455 e. The molecule has 190 valence electrons. The Kier molecular flexibility index (Phi) is 4.09. The number of benzene rings is 8. The second-order valence-corrected chi connectivity index (χ2v) is 10.7. The molecule has 8 aromatic carbocycles. The third-order valence-electron chi connectivity index (χ3n) is 8.38. The van der Waals surface area contributed by atoms with Crippen molar-refractivity contribution in [1.82, 2.24) is 0 Å². The number of hydrogen-bond donors (Lipinski definition) is 0. The fourth-order valence-corrected chi connectivity index (χ4v) is 6.53. The van der Waals surface area contributed by atoms with Gasteiger partial charge in [-0.2, -0.15) is 0 Å². The first-order valence-electron chi connectivity index (χ1n) is 15.4. The van der Waals surface area contributed by atoms with Gasteiger partial charge in [0.05, 0.1) is 4.11 Å². The molecule has 0 aliphatic carbocycles. The molecule has 0 aliphatic heterocycles. The maximum absolute atomic E-state index is 9.26. The lowest BCUT2D eigenvalue weighted by molar-refractivity contribution is 0.670. The number of rotatable bonds is 2. The number of para-hydroxylation sites is 1. The molecule has 0 N–H and O–H groups in total. The van der Waals surface area contributed by atoms with E-state index in [1.807, 2.05) is 48.5 Å². The fraction of sp³-hybridized carbons (Fsp3) is 0. The van der Waals surface area contributed by atoms with Crippen molar-refractivity contribution in [3.63, 3.8) is 0 Å². The molecule has 1 aromatic heterocycles. The van der Waals surface area contributed by atoms with Crippen LogP contribution in [0.3, 0.4) is 0 Å². The van der Waals surface area contributed by atoms with Crippen LogP contribution in [0, 0.1) is 0 Å². The van der Waals surface area contributed by atoms with Crippen molar-refractivity contribution in [2.24, 2.45) is 0 Å². The average Bonchev–Trinajstić information content (AvgIpc) is 3.43. The summed E-state index contributed by atoms with van der Waals surface area (Å²) in [7, 11) is 0. The van der Waals surface area contributed by atoms with Crippen molar-refractivity contribution in [2.75, 3.05) is 0 Å². The van der Waals surface area contributed by atoms with E-state index in [1.54, 1.807) is 0 Å². The van der Waals surface area contributed by atoms with Gasteiger partial charge >= 0.3 is 0 Å². The third-order valence-corrected chi connectivity index (χ3v) is 8.38. The summed E-state index contributed by atoms with van der Waals surface area (Å²) in [4.78, 5) is 0. The number of fused-ring (bicyclic) bond motifs is 7. The second-order valence-electron chi connectivity index (χ2n) is 10.7. The van der Waals surface area contributed by atoms with Gasteiger partial charge in [-0.1, -0.05) is 127 Å². The summed E-state index contributed by atoms with van der Waals surface area (Å²) < 4.78 is 33.8. The van der Waals surface area contributed by atoms with Crippen LogP contribution in [0.15, 0.2) is 150 Å². The summed E-state index contributed by atoms with van der Waals surface area (Å²) in [6.07, 6.45) is 0. The standard InChI is InChI=1S/C40H24O/c1-2-11-26-22-29(21-20-25(26)10-1)38-30-14-5-7-16-32(30)39(33-17-8-6-15-31(33)38)35-19-9-18-34-36-23-27-12-3-4-13-28(27)24-37(36)41-40(34)35/h1-24H/i9D,18D,19D. The summed E-state index contributed by atoms with van der Waals surface area (Å²) in [5.74, 6) is 0. The monoisotopic (exact) mass is 523 g/mol. The van der Waals surface area contributed by atoms with Gasteiger partial charge in [0, 0.05) is 21.9 Å². The van der Waals surface area contributed by atoms with Crippen molar-refractivity contribution < 1.29 is 8.53 Å². The van der Waals surface area contributed by atoms with Crippen molar-refractivity contribution >= 4 is 65.0 Å². The van der Waals surface area contributed by atoms with Gasteiger partial charge in [-0.05, 0) is 72.4 Å². The number of hydrogen-bond acceptors (Lipinski definition) is 1. The van der Waals surface area contributed by atoms with Crippen molar-refractivity contribution in [3.05, 3.63) is 146 Å². The molecule has 0 bridgehead atoms. The van der Waals surface area contributed by atoms with Gasteiger partial charge in [0.15, 0.2) is 0 Å². The lowest BCUT2D eigenvalue weighted by Crippen LogP contribution is -1.91. The van der Waals surface area contributed by atoms with Crippen molar-refractivity contribution in [1.29, 1.82) is 0 Å². The van der Waals surface area contributed by atoms with Crippen LogP contribution in [0.2, 0.25) is 0 Å². The molecule has 0 atom stereocenters. The second kappa shape index (κ2) is 8.55.